The molecule has 0 saturated carbocycles. The largest absolute Gasteiger partial charge is 0.325 e. The fourth-order valence-electron chi connectivity index (χ4n) is 3.75. The number of nitrogens with zero attached hydrogens (tertiary/aromatic N) is 4. The molecule has 6 nitrogen and oxygen atoms in total. The van der Waals surface area contributed by atoms with E-state index in [1.54, 1.807) is 0 Å². The third-order valence-electron chi connectivity index (χ3n) is 5.29. The molecule has 1 atom stereocenters. The quantitative estimate of drug-likeness (QED) is 0.382. The van der Waals surface area contributed by atoms with Gasteiger partial charge >= 0.3 is 0 Å². The Morgan fingerprint density at radius 1 is 1.06 bits per heavy atom. The Morgan fingerprint density at radius 3 is 2.58 bits per heavy atom. The van der Waals surface area contributed by atoms with Gasteiger partial charge in [-0.25, -0.2) is 4.98 Å². The Morgan fingerprint density at radius 2 is 1.81 bits per heavy atom. The van der Waals surface area contributed by atoms with E-state index in [-0.39, 0.29) is 11.2 Å². The third kappa shape index (κ3) is 4.28. The zero-order valence-corrected chi connectivity index (χ0v) is 19.1. The first kappa shape index (κ1) is 21.3. The molecule has 0 radical (unpaired) electrons. The number of amides is 1. The molecule has 2 aromatic carbocycles. The maximum absolute atomic E-state index is 12.9. The summed E-state index contributed by atoms with van der Waals surface area (Å²) in [6.07, 6.45) is 0.994. The number of aromatic nitrogens is 4. The molecule has 2 heterocycles. The second-order valence-corrected chi connectivity index (χ2v) is 9.23. The van der Waals surface area contributed by atoms with Crippen molar-refractivity contribution in [2.24, 2.45) is 0 Å². The lowest BCUT2D eigenvalue weighted by Gasteiger charge is -2.16. The topological polar surface area (TPSA) is 72.7 Å². The van der Waals surface area contributed by atoms with Crippen molar-refractivity contribution in [2.75, 3.05) is 5.32 Å². The molecule has 31 heavy (non-hydrogen) atoms. The van der Waals surface area contributed by atoms with Crippen LogP contribution in [-0.4, -0.2) is 30.9 Å². The summed E-state index contributed by atoms with van der Waals surface area (Å²) in [7, 11) is 0. The Labute approximate surface area is 186 Å². The van der Waals surface area contributed by atoms with Crippen LogP contribution in [0.2, 0.25) is 0 Å². The minimum atomic E-state index is -0.358. The standard InChI is InChI=1S/C24H27N5OS/c1-5-14-29-20-13-9-7-11-18(20)21-22(29)26-24(28-27-21)31-16(4)23(30)25-19-12-8-6-10-17(19)15(2)3/h6-13,15-16H,5,14H2,1-4H3,(H,25,30). The van der Waals surface area contributed by atoms with Crippen LogP contribution in [0.15, 0.2) is 53.7 Å². The number of benzene rings is 2. The SMILES string of the molecule is CCCn1c2ccccc2c2nnc(SC(C)C(=O)Nc3ccccc3C(C)C)nc21. The van der Waals surface area contributed by atoms with Gasteiger partial charge < -0.3 is 9.88 Å². The van der Waals surface area contributed by atoms with Crippen LogP contribution in [0.1, 0.15) is 45.6 Å². The molecular weight excluding hydrogens is 406 g/mol. The highest BCUT2D eigenvalue weighted by Gasteiger charge is 2.20. The maximum Gasteiger partial charge on any atom is 0.237 e. The normalized spacial score (nSPS) is 12.5. The molecule has 0 aliphatic carbocycles. The van der Waals surface area contributed by atoms with Crippen LogP contribution in [0, 0.1) is 0 Å². The Hall–Kier alpha value is -2.93. The van der Waals surface area contributed by atoms with Crippen molar-refractivity contribution in [1.29, 1.82) is 0 Å². The van der Waals surface area contributed by atoms with E-state index in [9.17, 15) is 4.79 Å². The summed E-state index contributed by atoms with van der Waals surface area (Å²) in [4.78, 5) is 17.6. The van der Waals surface area contributed by atoms with E-state index in [0.29, 0.717) is 11.1 Å². The third-order valence-corrected chi connectivity index (χ3v) is 6.25. The van der Waals surface area contributed by atoms with Crippen LogP contribution in [0.3, 0.4) is 0 Å². The van der Waals surface area contributed by atoms with E-state index in [1.165, 1.54) is 11.8 Å². The molecule has 1 unspecified atom stereocenters. The Balaban J connectivity index is 1.59. The second kappa shape index (κ2) is 9.06. The number of hydrogen-bond acceptors (Lipinski definition) is 5. The van der Waals surface area contributed by atoms with E-state index in [0.717, 1.165) is 46.3 Å². The summed E-state index contributed by atoms with van der Waals surface area (Å²) in [6.45, 7) is 9.11. The summed E-state index contributed by atoms with van der Waals surface area (Å²) in [6, 6.07) is 16.1. The van der Waals surface area contributed by atoms with Gasteiger partial charge in [0.2, 0.25) is 11.1 Å². The molecule has 1 N–H and O–H groups in total. The van der Waals surface area contributed by atoms with E-state index in [1.807, 2.05) is 43.3 Å². The maximum atomic E-state index is 12.9. The van der Waals surface area contributed by atoms with Crippen molar-refractivity contribution in [3.8, 4) is 0 Å². The first-order valence-electron chi connectivity index (χ1n) is 10.7. The van der Waals surface area contributed by atoms with Gasteiger partial charge in [-0.3, -0.25) is 4.79 Å². The summed E-state index contributed by atoms with van der Waals surface area (Å²) >= 11 is 1.33. The fraction of sp³-hybridized carbons (Fsp3) is 0.333. The van der Waals surface area contributed by atoms with Crippen LogP contribution >= 0.6 is 11.8 Å². The summed E-state index contributed by atoms with van der Waals surface area (Å²) in [5.41, 5.74) is 4.71. The van der Waals surface area contributed by atoms with E-state index < -0.39 is 0 Å². The number of nitrogens with one attached hydrogen (secondary N) is 1. The molecule has 160 valence electrons. The minimum absolute atomic E-state index is 0.0732. The number of para-hydroxylation sites is 2. The van der Waals surface area contributed by atoms with Gasteiger partial charge in [-0.05, 0) is 37.0 Å². The predicted molar refractivity (Wildman–Crippen MR) is 128 cm³/mol. The van der Waals surface area contributed by atoms with Crippen molar-refractivity contribution in [3.63, 3.8) is 0 Å². The van der Waals surface area contributed by atoms with Gasteiger partial charge in [-0.15, -0.1) is 10.2 Å². The highest BCUT2D eigenvalue weighted by atomic mass is 32.2. The van der Waals surface area contributed by atoms with Crippen molar-refractivity contribution in [1.82, 2.24) is 19.7 Å². The van der Waals surface area contributed by atoms with E-state index >= 15 is 0 Å². The molecule has 1 amide bonds. The van der Waals surface area contributed by atoms with Crippen molar-refractivity contribution in [3.05, 3.63) is 54.1 Å². The van der Waals surface area contributed by atoms with Crippen LogP contribution < -0.4 is 5.32 Å². The molecule has 0 fully saturated rings. The summed E-state index contributed by atoms with van der Waals surface area (Å²) < 4.78 is 2.19. The number of anilines is 1. The Kier molecular flexibility index (Phi) is 6.23. The first-order valence-corrected chi connectivity index (χ1v) is 11.6. The van der Waals surface area contributed by atoms with Crippen LogP contribution in [0.5, 0.6) is 0 Å². The van der Waals surface area contributed by atoms with Gasteiger partial charge in [0, 0.05) is 17.6 Å². The van der Waals surface area contributed by atoms with Gasteiger partial charge in [0.05, 0.1) is 10.8 Å². The number of hydrogen-bond donors (Lipinski definition) is 1. The molecule has 0 aliphatic heterocycles. The molecule has 0 spiro atoms. The molecule has 0 bridgehead atoms. The summed E-state index contributed by atoms with van der Waals surface area (Å²) in [5, 5.41) is 13.0. The molecule has 4 aromatic rings. The van der Waals surface area contributed by atoms with E-state index in [4.69, 9.17) is 4.98 Å². The number of rotatable bonds is 7. The number of carbonyl (C=O) groups is 1. The first-order chi connectivity index (χ1) is 15.0. The zero-order chi connectivity index (χ0) is 22.0. The average molecular weight is 434 g/mol. The molecule has 7 heteroatoms. The lowest BCUT2D eigenvalue weighted by atomic mass is 10.0. The highest BCUT2D eigenvalue weighted by Crippen LogP contribution is 2.29. The van der Waals surface area contributed by atoms with Crippen LogP contribution in [0.4, 0.5) is 5.69 Å². The Bertz CT molecular complexity index is 1230. The molecule has 2 aromatic heterocycles. The van der Waals surface area contributed by atoms with Gasteiger partial charge in [0.15, 0.2) is 5.65 Å². The molecular formula is C24H27N5OS. The molecule has 0 aliphatic rings. The van der Waals surface area contributed by atoms with Crippen molar-refractivity contribution in [2.45, 2.75) is 57.0 Å². The smallest absolute Gasteiger partial charge is 0.237 e. The van der Waals surface area contributed by atoms with E-state index in [2.05, 4.69) is 53.0 Å². The highest BCUT2D eigenvalue weighted by molar-refractivity contribution is 8.00. The number of thioether (sulfide) groups is 1. The fourth-order valence-corrected chi connectivity index (χ4v) is 4.46. The second-order valence-electron chi connectivity index (χ2n) is 7.93. The number of fused-ring (bicyclic) bond motifs is 3. The van der Waals surface area contributed by atoms with Crippen LogP contribution in [-0.2, 0) is 11.3 Å². The lowest BCUT2D eigenvalue weighted by molar-refractivity contribution is -0.115. The lowest BCUT2D eigenvalue weighted by Crippen LogP contribution is -2.23. The minimum Gasteiger partial charge on any atom is -0.325 e. The van der Waals surface area contributed by atoms with Gasteiger partial charge in [-0.2, -0.15) is 0 Å². The number of carbonyl (C=O) groups excluding carboxylic acids is 1. The van der Waals surface area contributed by atoms with Gasteiger partial charge in [0.1, 0.15) is 5.52 Å². The zero-order valence-electron chi connectivity index (χ0n) is 18.3. The van der Waals surface area contributed by atoms with Crippen molar-refractivity contribution >= 4 is 45.4 Å². The van der Waals surface area contributed by atoms with Gasteiger partial charge in [0.25, 0.3) is 0 Å². The van der Waals surface area contributed by atoms with Crippen molar-refractivity contribution < 1.29 is 4.79 Å². The average Bonchev–Trinajstić information content (AvgIpc) is 3.07. The monoisotopic (exact) mass is 433 g/mol. The predicted octanol–water partition coefficient (Wildman–Crippen LogP) is 5.63. The van der Waals surface area contributed by atoms with Gasteiger partial charge in [-0.1, -0.05) is 68.9 Å². The van der Waals surface area contributed by atoms with Crippen LogP contribution in [0.25, 0.3) is 22.1 Å². The molecule has 4 rings (SSSR count). The number of aryl methyl sites for hydroxylation is 1. The summed E-state index contributed by atoms with van der Waals surface area (Å²) in [5.74, 6) is 0.255. The molecule has 0 saturated heterocycles.